The second-order valence-electron chi connectivity index (χ2n) is 4.72. The Morgan fingerprint density at radius 3 is 2.81 bits per heavy atom. The summed E-state index contributed by atoms with van der Waals surface area (Å²) in [5, 5.41) is 29.6. The number of hydrogen-bond acceptors (Lipinski definition) is 8. The van der Waals surface area contributed by atoms with Gasteiger partial charge in [-0.05, 0) is 0 Å². The number of aliphatic hydroxyl groups is 3. The first-order chi connectivity index (χ1) is 10.0. The molecule has 9 nitrogen and oxygen atoms in total. The van der Waals surface area contributed by atoms with Gasteiger partial charge in [-0.15, -0.1) is 6.42 Å². The van der Waals surface area contributed by atoms with E-state index in [4.69, 9.17) is 16.9 Å². The van der Waals surface area contributed by atoms with Gasteiger partial charge in [0.2, 0.25) is 0 Å². The molecular formula is C12H13N5O4. The average molecular weight is 291 g/mol. The lowest BCUT2D eigenvalue weighted by atomic mass is 9.97. The van der Waals surface area contributed by atoms with Gasteiger partial charge in [-0.1, -0.05) is 5.92 Å². The molecule has 5 N–H and O–H groups in total. The van der Waals surface area contributed by atoms with Crippen LogP contribution in [-0.2, 0) is 4.74 Å². The molecule has 1 fully saturated rings. The molecule has 9 heteroatoms. The molecule has 4 atom stereocenters. The summed E-state index contributed by atoms with van der Waals surface area (Å²) in [5.41, 5.74) is 4.66. The highest BCUT2D eigenvalue weighted by atomic mass is 16.6. The maximum absolute atomic E-state index is 10.2. The summed E-state index contributed by atoms with van der Waals surface area (Å²) in [6.07, 6.45) is 4.04. The van der Waals surface area contributed by atoms with Crippen molar-refractivity contribution in [1.82, 2.24) is 19.5 Å². The van der Waals surface area contributed by atoms with Crippen LogP contribution in [0.2, 0.25) is 0 Å². The van der Waals surface area contributed by atoms with Gasteiger partial charge in [0.15, 0.2) is 23.3 Å². The highest BCUT2D eigenvalue weighted by Crippen LogP contribution is 2.37. The third-order valence-corrected chi connectivity index (χ3v) is 3.56. The van der Waals surface area contributed by atoms with Gasteiger partial charge in [-0.2, -0.15) is 0 Å². The fourth-order valence-corrected chi connectivity index (χ4v) is 2.36. The standard InChI is InChI=1S/C12H13N5O4/c1-2-12(3-18)8(20)7(19)11(21-12)17-5-16-6-9(13)14-4-15-10(6)17/h1,4-5,7-8,11,18-20H,3H2,(H2,13,14,15)/t7?,8?,11?,12-/m1/s1. The van der Waals surface area contributed by atoms with Gasteiger partial charge < -0.3 is 25.8 Å². The first-order valence-electron chi connectivity index (χ1n) is 6.09. The number of anilines is 1. The van der Waals surface area contributed by atoms with Gasteiger partial charge in [0.1, 0.15) is 24.1 Å². The highest BCUT2D eigenvalue weighted by Gasteiger charge is 2.54. The zero-order chi connectivity index (χ0) is 15.2. The number of aromatic nitrogens is 4. The van der Waals surface area contributed by atoms with Crippen LogP contribution in [0.4, 0.5) is 5.82 Å². The molecule has 1 saturated heterocycles. The summed E-state index contributed by atoms with van der Waals surface area (Å²) in [6.45, 7) is -0.637. The number of aliphatic hydroxyl groups excluding tert-OH is 3. The Hall–Kier alpha value is -2.25. The maximum Gasteiger partial charge on any atom is 0.182 e. The molecule has 1 aliphatic rings. The van der Waals surface area contributed by atoms with E-state index in [0.717, 1.165) is 0 Å². The first kappa shape index (κ1) is 13.7. The first-order valence-corrected chi connectivity index (χ1v) is 6.09. The Bertz CT molecular complexity index is 726. The van der Waals surface area contributed by atoms with E-state index in [1.54, 1.807) is 0 Å². The van der Waals surface area contributed by atoms with Crippen LogP contribution in [0.3, 0.4) is 0 Å². The molecule has 0 aliphatic carbocycles. The number of nitrogen functional groups attached to an aromatic ring is 1. The zero-order valence-electron chi connectivity index (χ0n) is 10.8. The van der Waals surface area contributed by atoms with Crippen molar-refractivity contribution in [2.24, 2.45) is 0 Å². The molecule has 0 amide bonds. The van der Waals surface area contributed by atoms with E-state index in [-0.39, 0.29) is 5.82 Å². The predicted molar refractivity (Wildman–Crippen MR) is 70.5 cm³/mol. The normalized spacial score (nSPS) is 32.4. The van der Waals surface area contributed by atoms with E-state index in [1.165, 1.54) is 17.2 Å². The number of ether oxygens (including phenoxy) is 1. The Labute approximate surface area is 119 Å². The highest BCUT2D eigenvalue weighted by molar-refractivity contribution is 5.81. The van der Waals surface area contributed by atoms with Crippen LogP contribution in [-0.4, -0.2) is 59.3 Å². The zero-order valence-corrected chi connectivity index (χ0v) is 10.8. The van der Waals surface area contributed by atoms with Crippen molar-refractivity contribution in [2.45, 2.75) is 24.0 Å². The predicted octanol–water partition coefficient (Wildman–Crippen LogP) is -1.98. The van der Waals surface area contributed by atoms with Gasteiger partial charge in [0.05, 0.1) is 12.9 Å². The van der Waals surface area contributed by atoms with Crippen molar-refractivity contribution < 1.29 is 20.1 Å². The number of nitrogens with two attached hydrogens (primary N) is 1. The fraction of sp³-hybridized carbons (Fsp3) is 0.417. The molecule has 2 aromatic heterocycles. The number of imidazole rings is 1. The van der Waals surface area contributed by atoms with E-state index in [9.17, 15) is 15.3 Å². The molecule has 0 saturated carbocycles. The van der Waals surface area contributed by atoms with Crippen molar-refractivity contribution in [3.63, 3.8) is 0 Å². The Balaban J connectivity index is 2.08. The third kappa shape index (κ3) is 1.78. The summed E-state index contributed by atoms with van der Waals surface area (Å²) < 4.78 is 6.88. The van der Waals surface area contributed by atoms with Crippen molar-refractivity contribution in [1.29, 1.82) is 0 Å². The van der Waals surface area contributed by atoms with E-state index in [2.05, 4.69) is 20.9 Å². The number of terminal acetylenes is 1. The molecule has 1 aliphatic heterocycles. The molecule has 3 unspecified atom stereocenters. The van der Waals surface area contributed by atoms with Gasteiger partial charge in [-0.3, -0.25) is 4.57 Å². The summed E-state index contributed by atoms with van der Waals surface area (Å²) >= 11 is 0. The summed E-state index contributed by atoms with van der Waals surface area (Å²) in [5.74, 6) is 2.36. The van der Waals surface area contributed by atoms with Crippen molar-refractivity contribution in [3.05, 3.63) is 12.7 Å². The van der Waals surface area contributed by atoms with Crippen molar-refractivity contribution in [3.8, 4) is 12.3 Å². The lowest BCUT2D eigenvalue weighted by Gasteiger charge is -2.23. The lowest BCUT2D eigenvalue weighted by molar-refractivity contribution is -0.0911. The molecule has 0 radical (unpaired) electrons. The maximum atomic E-state index is 10.2. The Kier molecular flexibility index (Phi) is 3.03. The van der Waals surface area contributed by atoms with Crippen molar-refractivity contribution in [2.75, 3.05) is 12.3 Å². The fourth-order valence-electron chi connectivity index (χ4n) is 2.36. The number of rotatable bonds is 2. The second kappa shape index (κ2) is 4.64. The minimum Gasteiger partial charge on any atom is -0.392 e. The van der Waals surface area contributed by atoms with Crippen LogP contribution < -0.4 is 5.73 Å². The second-order valence-corrected chi connectivity index (χ2v) is 4.72. The quantitative estimate of drug-likeness (QED) is 0.467. The van der Waals surface area contributed by atoms with Crippen LogP contribution in [0.5, 0.6) is 0 Å². The molecule has 0 bridgehead atoms. The Morgan fingerprint density at radius 1 is 1.43 bits per heavy atom. The average Bonchev–Trinajstić information content (AvgIpc) is 3.02. The summed E-state index contributed by atoms with van der Waals surface area (Å²) in [7, 11) is 0. The molecule has 2 aromatic rings. The molecule has 0 aromatic carbocycles. The molecular weight excluding hydrogens is 278 g/mol. The Morgan fingerprint density at radius 2 is 2.19 bits per heavy atom. The smallest absolute Gasteiger partial charge is 0.182 e. The third-order valence-electron chi connectivity index (χ3n) is 3.56. The van der Waals surface area contributed by atoms with Crippen LogP contribution in [0.25, 0.3) is 11.2 Å². The topological polar surface area (TPSA) is 140 Å². The molecule has 0 spiro atoms. The number of hydrogen-bond donors (Lipinski definition) is 4. The van der Waals surface area contributed by atoms with E-state index in [0.29, 0.717) is 11.2 Å². The van der Waals surface area contributed by atoms with Crippen LogP contribution in [0, 0.1) is 12.3 Å². The van der Waals surface area contributed by atoms with E-state index in [1.807, 2.05) is 0 Å². The van der Waals surface area contributed by atoms with E-state index >= 15 is 0 Å². The van der Waals surface area contributed by atoms with Crippen LogP contribution >= 0.6 is 0 Å². The monoisotopic (exact) mass is 291 g/mol. The van der Waals surface area contributed by atoms with Gasteiger partial charge in [-0.25, -0.2) is 15.0 Å². The molecule has 110 valence electrons. The van der Waals surface area contributed by atoms with Gasteiger partial charge >= 0.3 is 0 Å². The van der Waals surface area contributed by atoms with Crippen LogP contribution in [0.15, 0.2) is 12.7 Å². The SMILES string of the molecule is C#C[C@]1(CO)OC(n2cnc3c(N)ncnc32)C(O)C1O. The molecule has 3 heterocycles. The minimum atomic E-state index is -1.68. The van der Waals surface area contributed by atoms with Gasteiger partial charge in [0, 0.05) is 0 Å². The molecule has 3 rings (SSSR count). The summed E-state index contributed by atoms with van der Waals surface area (Å²) in [6, 6.07) is 0. The minimum absolute atomic E-state index is 0.178. The van der Waals surface area contributed by atoms with Crippen molar-refractivity contribution >= 4 is 17.0 Å². The largest absolute Gasteiger partial charge is 0.392 e. The number of nitrogens with zero attached hydrogens (tertiary/aromatic N) is 4. The summed E-state index contributed by atoms with van der Waals surface area (Å²) in [4.78, 5) is 11.9. The van der Waals surface area contributed by atoms with Crippen LogP contribution in [0.1, 0.15) is 6.23 Å². The van der Waals surface area contributed by atoms with Gasteiger partial charge in [0.25, 0.3) is 0 Å². The lowest BCUT2D eigenvalue weighted by Crippen LogP contribution is -2.44. The number of fused-ring (bicyclic) bond motifs is 1. The van der Waals surface area contributed by atoms with E-state index < -0.39 is 30.6 Å². The molecule has 21 heavy (non-hydrogen) atoms.